The lowest BCUT2D eigenvalue weighted by atomic mass is 10.0. The zero-order valence-electron chi connectivity index (χ0n) is 16.7. The number of carbonyl (C=O) groups excluding carboxylic acids is 2. The summed E-state index contributed by atoms with van der Waals surface area (Å²) in [5.74, 6) is -1.25. The predicted octanol–water partition coefficient (Wildman–Crippen LogP) is 4.69. The van der Waals surface area contributed by atoms with Gasteiger partial charge in [0.1, 0.15) is 18.4 Å². The number of fused-ring (bicyclic) bond motifs is 1. The molecule has 1 aliphatic rings. The maximum Gasteiger partial charge on any atom is 0.252 e. The highest BCUT2D eigenvalue weighted by Gasteiger charge is 2.30. The Bertz CT molecular complexity index is 1180. The van der Waals surface area contributed by atoms with E-state index in [1.165, 1.54) is 17.0 Å². The van der Waals surface area contributed by atoms with Gasteiger partial charge in [0, 0.05) is 11.1 Å². The van der Waals surface area contributed by atoms with Crippen molar-refractivity contribution in [3.05, 3.63) is 94.8 Å². The van der Waals surface area contributed by atoms with Gasteiger partial charge in [0.05, 0.1) is 22.1 Å². The van der Waals surface area contributed by atoms with Crippen LogP contribution in [0.2, 0.25) is 5.02 Å². The molecule has 1 unspecified atom stereocenters. The van der Waals surface area contributed by atoms with Crippen LogP contribution < -0.4 is 10.2 Å². The molecule has 0 fully saturated rings. The predicted molar refractivity (Wildman–Crippen MR) is 120 cm³/mol. The van der Waals surface area contributed by atoms with E-state index < -0.39 is 17.8 Å². The van der Waals surface area contributed by atoms with Gasteiger partial charge in [-0.1, -0.05) is 60.1 Å². The van der Waals surface area contributed by atoms with Crippen molar-refractivity contribution in [1.82, 2.24) is 0 Å². The van der Waals surface area contributed by atoms with Gasteiger partial charge >= 0.3 is 0 Å². The van der Waals surface area contributed by atoms with Gasteiger partial charge in [0.15, 0.2) is 0 Å². The molecule has 0 saturated heterocycles. The summed E-state index contributed by atoms with van der Waals surface area (Å²) in [5, 5.41) is 2.73. The zero-order valence-corrected chi connectivity index (χ0v) is 17.4. The molecule has 156 valence electrons. The molecule has 2 amide bonds. The minimum atomic E-state index is -0.676. The second kappa shape index (κ2) is 8.70. The fraction of sp³-hybridized carbons (Fsp3) is 0.125. The van der Waals surface area contributed by atoms with Gasteiger partial charge in [-0.25, -0.2) is 4.39 Å². The number of para-hydroxylation sites is 1. The van der Waals surface area contributed by atoms with Crippen LogP contribution in [0.1, 0.15) is 18.1 Å². The van der Waals surface area contributed by atoms with Crippen molar-refractivity contribution in [2.75, 3.05) is 16.8 Å². The van der Waals surface area contributed by atoms with Crippen molar-refractivity contribution in [3.8, 4) is 0 Å². The van der Waals surface area contributed by atoms with Crippen molar-refractivity contribution < 1.29 is 14.0 Å². The Kier molecular flexibility index (Phi) is 5.82. The van der Waals surface area contributed by atoms with Crippen LogP contribution in [-0.4, -0.2) is 30.1 Å². The summed E-state index contributed by atoms with van der Waals surface area (Å²) in [4.78, 5) is 32.0. The number of amides is 2. The first kappa shape index (κ1) is 20.8. The third-order valence-electron chi connectivity index (χ3n) is 4.95. The van der Waals surface area contributed by atoms with Crippen LogP contribution >= 0.6 is 11.6 Å². The summed E-state index contributed by atoms with van der Waals surface area (Å²) < 4.78 is 13.3. The minimum absolute atomic E-state index is 0.0824. The molecule has 0 bridgehead atoms. The number of carbonyl (C=O) groups is 2. The average Bonchev–Trinajstić information content (AvgIpc) is 2.87. The topological polar surface area (TPSA) is 61.8 Å². The third-order valence-corrected chi connectivity index (χ3v) is 5.26. The highest BCUT2D eigenvalue weighted by molar-refractivity contribution is 6.33. The van der Waals surface area contributed by atoms with E-state index in [1.807, 2.05) is 48.5 Å². The Morgan fingerprint density at radius 1 is 1.10 bits per heavy atom. The monoisotopic (exact) mass is 435 g/mol. The molecule has 0 radical (unpaired) electrons. The first-order valence-electron chi connectivity index (χ1n) is 9.73. The number of nitrogens with one attached hydrogen (secondary N) is 1. The van der Waals surface area contributed by atoms with Gasteiger partial charge in [-0.2, -0.15) is 0 Å². The van der Waals surface area contributed by atoms with Crippen LogP contribution in [0.25, 0.3) is 0 Å². The van der Waals surface area contributed by atoms with E-state index in [0.29, 0.717) is 11.4 Å². The standard InChI is InChI=1S/C24H19ClFN3O2/c1-15-24(31)29(14-22(30)28-20-12-11-17(26)13-19(20)25)21-10-6-5-9-18(21)23(27-15)16-7-3-2-4-8-16/h2-13,15H,14H2,1H3,(H,28,30). The van der Waals surface area contributed by atoms with Crippen molar-refractivity contribution in [2.45, 2.75) is 13.0 Å². The van der Waals surface area contributed by atoms with E-state index in [1.54, 1.807) is 13.0 Å². The van der Waals surface area contributed by atoms with Gasteiger partial charge in [-0.15, -0.1) is 0 Å². The number of benzene rings is 3. The Balaban J connectivity index is 1.67. The average molecular weight is 436 g/mol. The number of benzodiazepines with no additional fused rings is 1. The fourth-order valence-electron chi connectivity index (χ4n) is 3.49. The summed E-state index contributed by atoms with van der Waals surface area (Å²) in [6.07, 6.45) is 0. The largest absolute Gasteiger partial charge is 0.323 e. The Labute approximate surface area is 184 Å². The molecule has 0 saturated carbocycles. The molecule has 3 aromatic carbocycles. The van der Waals surface area contributed by atoms with Crippen molar-refractivity contribution in [3.63, 3.8) is 0 Å². The fourth-order valence-corrected chi connectivity index (χ4v) is 3.70. The van der Waals surface area contributed by atoms with Gasteiger partial charge in [0.2, 0.25) is 5.91 Å². The van der Waals surface area contributed by atoms with Crippen molar-refractivity contribution >= 4 is 40.5 Å². The number of halogens is 2. The smallest absolute Gasteiger partial charge is 0.252 e. The first-order chi connectivity index (χ1) is 14.9. The van der Waals surface area contributed by atoms with E-state index in [9.17, 15) is 14.0 Å². The van der Waals surface area contributed by atoms with Gasteiger partial charge in [0.25, 0.3) is 5.91 Å². The van der Waals surface area contributed by atoms with E-state index in [4.69, 9.17) is 11.6 Å². The molecule has 1 N–H and O–H groups in total. The molecule has 5 nitrogen and oxygen atoms in total. The van der Waals surface area contributed by atoms with Crippen LogP contribution in [0, 0.1) is 5.82 Å². The molecule has 0 spiro atoms. The van der Waals surface area contributed by atoms with E-state index in [-0.39, 0.29) is 23.2 Å². The van der Waals surface area contributed by atoms with Crippen molar-refractivity contribution in [1.29, 1.82) is 0 Å². The normalized spacial score (nSPS) is 15.7. The second-order valence-corrected chi connectivity index (χ2v) is 7.54. The van der Waals surface area contributed by atoms with Crippen LogP contribution in [0.5, 0.6) is 0 Å². The van der Waals surface area contributed by atoms with E-state index in [2.05, 4.69) is 10.3 Å². The lowest BCUT2D eigenvalue weighted by Crippen LogP contribution is -2.42. The molecule has 1 atom stereocenters. The number of aliphatic imine (C=N–C) groups is 1. The molecule has 0 aliphatic carbocycles. The number of anilines is 2. The highest BCUT2D eigenvalue weighted by atomic mass is 35.5. The highest BCUT2D eigenvalue weighted by Crippen LogP contribution is 2.29. The first-order valence-corrected chi connectivity index (χ1v) is 10.1. The zero-order chi connectivity index (χ0) is 22.0. The summed E-state index contributed by atoms with van der Waals surface area (Å²) in [6, 6.07) is 20.0. The summed E-state index contributed by atoms with van der Waals surface area (Å²) in [7, 11) is 0. The Morgan fingerprint density at radius 2 is 1.81 bits per heavy atom. The molecule has 4 rings (SSSR count). The number of nitrogens with zero attached hydrogens (tertiary/aromatic N) is 2. The molecular formula is C24H19ClFN3O2. The number of hydrogen-bond acceptors (Lipinski definition) is 3. The summed E-state index contributed by atoms with van der Waals surface area (Å²) in [6.45, 7) is 1.48. The third kappa shape index (κ3) is 4.34. The van der Waals surface area contributed by atoms with Crippen LogP contribution in [0.15, 0.2) is 77.8 Å². The van der Waals surface area contributed by atoms with Gasteiger partial charge in [-0.3, -0.25) is 14.6 Å². The molecule has 1 heterocycles. The lowest BCUT2D eigenvalue weighted by molar-refractivity contribution is -0.122. The Hall–Kier alpha value is -3.51. The number of hydrogen-bond donors (Lipinski definition) is 1. The van der Waals surface area contributed by atoms with Crippen LogP contribution in [-0.2, 0) is 9.59 Å². The van der Waals surface area contributed by atoms with Crippen LogP contribution in [0.3, 0.4) is 0 Å². The van der Waals surface area contributed by atoms with Gasteiger partial charge < -0.3 is 10.2 Å². The SMILES string of the molecule is CC1N=C(c2ccccc2)c2ccccc2N(CC(=O)Nc2ccc(F)cc2Cl)C1=O. The molecule has 31 heavy (non-hydrogen) atoms. The van der Waals surface area contributed by atoms with Crippen molar-refractivity contribution in [2.24, 2.45) is 4.99 Å². The summed E-state index contributed by atoms with van der Waals surface area (Å²) >= 11 is 6.01. The second-order valence-electron chi connectivity index (χ2n) is 7.13. The van der Waals surface area contributed by atoms with Gasteiger partial charge in [-0.05, 0) is 31.2 Å². The van der Waals surface area contributed by atoms with Crippen LogP contribution in [0.4, 0.5) is 15.8 Å². The number of rotatable bonds is 4. The maximum absolute atomic E-state index is 13.3. The molecule has 7 heteroatoms. The van der Waals surface area contributed by atoms with E-state index >= 15 is 0 Å². The minimum Gasteiger partial charge on any atom is -0.323 e. The molecule has 0 aromatic heterocycles. The molecular weight excluding hydrogens is 417 g/mol. The molecule has 3 aromatic rings. The lowest BCUT2D eigenvalue weighted by Gasteiger charge is -2.24. The maximum atomic E-state index is 13.3. The van der Waals surface area contributed by atoms with E-state index in [0.717, 1.165) is 17.2 Å². The molecule has 1 aliphatic heterocycles. The Morgan fingerprint density at radius 3 is 2.55 bits per heavy atom. The quantitative estimate of drug-likeness (QED) is 0.646. The summed E-state index contributed by atoms with van der Waals surface area (Å²) in [5.41, 5.74) is 3.22.